The van der Waals surface area contributed by atoms with Crippen LogP contribution in [0, 0.1) is 0 Å². The molecule has 0 saturated heterocycles. The van der Waals surface area contributed by atoms with Gasteiger partial charge in [-0.15, -0.1) is 11.3 Å². The average Bonchev–Trinajstić information content (AvgIpc) is 3.88. The van der Waals surface area contributed by atoms with Gasteiger partial charge in [-0.25, -0.2) is 4.79 Å². The van der Waals surface area contributed by atoms with Gasteiger partial charge >= 0.3 is 11.9 Å². The lowest BCUT2D eigenvalue weighted by Gasteiger charge is -2.33. The summed E-state index contributed by atoms with van der Waals surface area (Å²) >= 11 is 1.49. The second-order valence-electron chi connectivity index (χ2n) is 13.9. The number of aryl methyl sites for hydroxylation is 3. The van der Waals surface area contributed by atoms with Gasteiger partial charge in [0, 0.05) is 28.7 Å². The topological polar surface area (TPSA) is 114 Å². The maximum Gasteiger partial charge on any atom is 0.337 e. The maximum atomic E-state index is 13.9. The largest absolute Gasteiger partial charge is 0.465 e. The third-order valence-electron chi connectivity index (χ3n) is 10.0. The van der Waals surface area contributed by atoms with E-state index in [0.29, 0.717) is 40.5 Å². The van der Waals surface area contributed by atoms with E-state index in [0.717, 1.165) is 78.5 Å². The van der Waals surface area contributed by atoms with Crippen molar-refractivity contribution in [3.63, 3.8) is 0 Å². The number of rotatable bonds is 14. The molecule has 272 valence electrons. The minimum absolute atomic E-state index is 0.109. The van der Waals surface area contributed by atoms with Crippen LogP contribution in [0.25, 0.3) is 0 Å². The molecule has 52 heavy (non-hydrogen) atoms. The van der Waals surface area contributed by atoms with Gasteiger partial charge in [-0.3, -0.25) is 19.3 Å². The summed E-state index contributed by atoms with van der Waals surface area (Å²) in [4.78, 5) is 55.6. The van der Waals surface area contributed by atoms with Gasteiger partial charge in [0.05, 0.1) is 24.8 Å². The average molecular weight is 722 g/mol. The van der Waals surface area contributed by atoms with Crippen LogP contribution in [0.15, 0.2) is 72.8 Å². The summed E-state index contributed by atoms with van der Waals surface area (Å²) in [5, 5.41) is 6.74. The number of hydrogen-bond donors (Lipinski definition) is 2. The summed E-state index contributed by atoms with van der Waals surface area (Å²) in [6.45, 7) is 6.84. The fourth-order valence-electron chi connectivity index (χ4n) is 7.06. The molecule has 1 aromatic heterocycles. The molecule has 0 atom stereocenters. The molecule has 1 saturated carbocycles. The lowest BCUT2D eigenvalue weighted by Crippen LogP contribution is -2.47. The highest BCUT2D eigenvalue weighted by atomic mass is 32.1. The van der Waals surface area contributed by atoms with E-state index in [1.807, 2.05) is 61.5 Å². The van der Waals surface area contributed by atoms with Crippen LogP contribution in [0.5, 0.6) is 0 Å². The van der Waals surface area contributed by atoms with Crippen LogP contribution in [-0.4, -0.2) is 54.0 Å². The lowest BCUT2D eigenvalue weighted by atomic mass is 9.95. The number of methoxy groups -OCH3 is 1. The van der Waals surface area contributed by atoms with Crippen LogP contribution < -0.4 is 10.6 Å². The summed E-state index contributed by atoms with van der Waals surface area (Å²) in [6, 6.07) is 22.9. The molecule has 2 N–H and O–H groups in total. The standard InChI is InChI=1S/C42H47N3O6S/c1-5-51-41(49)42(23-24-42)45(27(2)3)26-30-9-8-10-32(25-30)37(46)44-39-36(34-11-6-7-12-35(34)52-39)38(47)43-33-21-17-29(18-22-33)14-13-28-15-19-31(20-16-28)40(48)50-4/h8-10,15-22,25,27H,5-7,11-14,23-24,26H2,1-4H3,(H,43,47)(H,44,46). The number of esters is 2. The fourth-order valence-corrected chi connectivity index (χ4v) is 8.34. The van der Waals surface area contributed by atoms with Gasteiger partial charge in [-0.1, -0.05) is 36.4 Å². The van der Waals surface area contributed by atoms with Crippen LogP contribution in [-0.2, 0) is 46.5 Å². The Morgan fingerprint density at radius 2 is 1.50 bits per heavy atom. The molecule has 0 spiro atoms. The zero-order valence-corrected chi connectivity index (χ0v) is 31.2. The van der Waals surface area contributed by atoms with Crippen molar-refractivity contribution in [2.45, 2.75) is 90.3 Å². The number of hydrogen-bond acceptors (Lipinski definition) is 8. The predicted octanol–water partition coefficient (Wildman–Crippen LogP) is 8.01. The molecule has 9 nitrogen and oxygen atoms in total. The Kier molecular flexibility index (Phi) is 11.6. The number of nitrogens with zero attached hydrogens (tertiary/aromatic N) is 1. The van der Waals surface area contributed by atoms with Crippen molar-refractivity contribution in [3.8, 4) is 0 Å². The van der Waals surface area contributed by atoms with Crippen molar-refractivity contribution in [1.29, 1.82) is 0 Å². The molecule has 1 heterocycles. The van der Waals surface area contributed by atoms with E-state index >= 15 is 0 Å². The molecular formula is C42H47N3O6S. The van der Waals surface area contributed by atoms with Crippen molar-refractivity contribution >= 4 is 45.8 Å². The molecule has 3 aromatic carbocycles. The van der Waals surface area contributed by atoms with Gasteiger partial charge in [0.25, 0.3) is 11.8 Å². The van der Waals surface area contributed by atoms with Gasteiger partial charge in [-0.05, 0) is 131 Å². The number of amides is 2. The van der Waals surface area contributed by atoms with Gasteiger partial charge in [-0.2, -0.15) is 0 Å². The Balaban J connectivity index is 1.13. The number of carbonyl (C=O) groups excluding carboxylic acids is 4. The molecule has 10 heteroatoms. The van der Waals surface area contributed by atoms with Crippen LogP contribution in [0.3, 0.4) is 0 Å². The Bertz CT molecular complexity index is 1930. The molecule has 4 aromatic rings. The fraction of sp³-hybridized carbons (Fsp3) is 0.381. The van der Waals surface area contributed by atoms with Crippen molar-refractivity contribution in [1.82, 2.24) is 4.90 Å². The van der Waals surface area contributed by atoms with Gasteiger partial charge in [0.2, 0.25) is 0 Å². The number of fused-ring (bicyclic) bond motifs is 1. The maximum absolute atomic E-state index is 13.9. The first-order chi connectivity index (χ1) is 25.1. The van der Waals surface area contributed by atoms with E-state index < -0.39 is 5.54 Å². The van der Waals surface area contributed by atoms with E-state index in [9.17, 15) is 19.2 Å². The van der Waals surface area contributed by atoms with Crippen LogP contribution in [0.1, 0.15) is 105 Å². The number of nitrogens with one attached hydrogen (secondary N) is 2. The third-order valence-corrected chi connectivity index (χ3v) is 11.2. The minimum atomic E-state index is -0.609. The lowest BCUT2D eigenvalue weighted by molar-refractivity contribution is -0.152. The molecule has 0 aliphatic heterocycles. The Morgan fingerprint density at radius 1 is 0.827 bits per heavy atom. The molecule has 0 unspecified atom stereocenters. The minimum Gasteiger partial charge on any atom is -0.465 e. The molecule has 2 amide bonds. The number of ether oxygens (including phenoxy) is 2. The zero-order valence-electron chi connectivity index (χ0n) is 30.4. The highest BCUT2D eigenvalue weighted by molar-refractivity contribution is 7.17. The monoisotopic (exact) mass is 721 g/mol. The molecule has 2 aliphatic carbocycles. The smallest absolute Gasteiger partial charge is 0.337 e. The van der Waals surface area contributed by atoms with Crippen molar-refractivity contribution < 1.29 is 28.7 Å². The van der Waals surface area contributed by atoms with Crippen LogP contribution >= 0.6 is 11.3 Å². The van der Waals surface area contributed by atoms with Crippen molar-refractivity contribution in [2.24, 2.45) is 0 Å². The quantitative estimate of drug-likeness (QED) is 0.127. The summed E-state index contributed by atoms with van der Waals surface area (Å²) in [7, 11) is 1.37. The SMILES string of the molecule is CCOC(=O)C1(N(Cc2cccc(C(=O)Nc3sc4c(c3C(=O)Nc3ccc(CCc5ccc(C(=O)OC)cc5)cc3)CCCC4)c2)C(C)C)CC1. The molecule has 2 aliphatic rings. The van der Waals surface area contributed by atoms with Crippen LogP contribution in [0.4, 0.5) is 10.7 Å². The number of thiophene rings is 1. The molecular weight excluding hydrogens is 675 g/mol. The number of anilines is 2. The van der Waals surface area contributed by atoms with Crippen molar-refractivity contribution in [2.75, 3.05) is 24.4 Å². The highest BCUT2D eigenvalue weighted by Gasteiger charge is 2.56. The first-order valence-corrected chi connectivity index (χ1v) is 19.0. The second-order valence-corrected chi connectivity index (χ2v) is 15.0. The predicted molar refractivity (Wildman–Crippen MR) is 204 cm³/mol. The second kappa shape index (κ2) is 16.3. The van der Waals surface area contributed by atoms with E-state index in [1.165, 1.54) is 18.4 Å². The normalized spacial score (nSPS) is 14.4. The zero-order chi connectivity index (χ0) is 36.8. The van der Waals surface area contributed by atoms with Crippen molar-refractivity contribution in [3.05, 3.63) is 117 Å². The molecule has 6 rings (SSSR count). The highest BCUT2D eigenvalue weighted by Crippen LogP contribution is 2.45. The third kappa shape index (κ3) is 8.29. The summed E-state index contributed by atoms with van der Waals surface area (Å²) in [5.41, 5.74) is 5.84. The van der Waals surface area contributed by atoms with E-state index in [4.69, 9.17) is 9.47 Å². The molecule has 1 fully saturated rings. The summed E-state index contributed by atoms with van der Waals surface area (Å²) in [5.74, 6) is -1.04. The van der Waals surface area contributed by atoms with Gasteiger partial charge in [0.15, 0.2) is 0 Å². The Morgan fingerprint density at radius 3 is 2.13 bits per heavy atom. The molecule has 0 radical (unpaired) electrons. The summed E-state index contributed by atoms with van der Waals surface area (Å²) in [6.07, 6.45) is 6.88. The molecule has 0 bridgehead atoms. The van der Waals surface area contributed by atoms with E-state index in [-0.39, 0.29) is 29.8 Å². The first kappa shape index (κ1) is 37.0. The van der Waals surface area contributed by atoms with Crippen LogP contribution in [0.2, 0.25) is 0 Å². The number of benzene rings is 3. The summed E-state index contributed by atoms with van der Waals surface area (Å²) < 4.78 is 10.2. The Hall–Kier alpha value is -4.80. The van der Waals surface area contributed by atoms with Gasteiger partial charge < -0.3 is 20.1 Å². The Labute approximate surface area is 309 Å². The van der Waals surface area contributed by atoms with E-state index in [2.05, 4.69) is 29.4 Å². The van der Waals surface area contributed by atoms with E-state index in [1.54, 1.807) is 18.2 Å². The first-order valence-electron chi connectivity index (χ1n) is 18.2. The number of carbonyl (C=O) groups is 4. The van der Waals surface area contributed by atoms with Gasteiger partial charge in [0.1, 0.15) is 10.5 Å².